The first-order chi connectivity index (χ1) is 15.7. The second-order valence-corrected chi connectivity index (χ2v) is 10.2. The van der Waals surface area contributed by atoms with Crippen molar-refractivity contribution in [2.75, 3.05) is 13.2 Å². The first-order valence-corrected chi connectivity index (χ1v) is 12.0. The smallest absolute Gasteiger partial charge is 0.410 e. The molecule has 1 aliphatic rings. The predicted molar refractivity (Wildman–Crippen MR) is 131 cm³/mol. The molecular weight excluding hydrogens is 461 g/mol. The van der Waals surface area contributed by atoms with E-state index >= 15 is 0 Å². The minimum absolute atomic E-state index is 0.0631. The number of para-hydroxylation sites is 2. The van der Waals surface area contributed by atoms with Gasteiger partial charge in [0.05, 0.1) is 33.7 Å². The Morgan fingerprint density at radius 3 is 2.67 bits per heavy atom. The predicted octanol–water partition coefficient (Wildman–Crippen LogP) is 6.56. The number of benzene rings is 2. The number of carbonyl (C=O) groups excluding carboxylic acids is 1. The van der Waals surface area contributed by atoms with Gasteiger partial charge in [-0.2, -0.15) is 4.98 Å². The van der Waals surface area contributed by atoms with Gasteiger partial charge in [0, 0.05) is 6.54 Å². The molecule has 0 unspecified atom stereocenters. The van der Waals surface area contributed by atoms with E-state index in [4.69, 9.17) is 37.7 Å². The first kappa shape index (κ1) is 23.7. The van der Waals surface area contributed by atoms with E-state index in [0.717, 1.165) is 35.9 Å². The average Bonchev–Trinajstić information content (AvgIpc) is 3.11. The number of aromatic nitrogens is 2. The number of fused-ring (bicyclic) bond motifs is 1. The molecule has 6 nitrogen and oxygen atoms in total. The molecule has 0 N–H and O–H groups in total. The van der Waals surface area contributed by atoms with Gasteiger partial charge in [-0.3, -0.25) is 4.57 Å². The Kier molecular flexibility index (Phi) is 7.05. The highest BCUT2D eigenvalue weighted by atomic mass is 35.5. The lowest BCUT2D eigenvalue weighted by molar-refractivity contribution is 0.00290. The van der Waals surface area contributed by atoms with Crippen molar-refractivity contribution in [1.29, 1.82) is 0 Å². The minimum Gasteiger partial charge on any atom is -0.462 e. The number of imidazole rings is 1. The Morgan fingerprint density at radius 2 is 1.91 bits per heavy atom. The van der Waals surface area contributed by atoms with Crippen molar-refractivity contribution >= 4 is 40.3 Å². The molecule has 1 aliphatic heterocycles. The normalized spacial score (nSPS) is 16.8. The van der Waals surface area contributed by atoms with Crippen LogP contribution in [0.25, 0.3) is 11.0 Å². The third kappa shape index (κ3) is 5.74. The van der Waals surface area contributed by atoms with Crippen LogP contribution in [0, 0.1) is 0 Å². The van der Waals surface area contributed by atoms with Crippen LogP contribution in [0.1, 0.15) is 45.6 Å². The van der Waals surface area contributed by atoms with Gasteiger partial charge < -0.3 is 14.4 Å². The summed E-state index contributed by atoms with van der Waals surface area (Å²) in [5.41, 5.74) is 2.27. The Balaban J connectivity index is 1.56. The fraction of sp³-hybridized carbons (Fsp3) is 0.440. The van der Waals surface area contributed by atoms with Gasteiger partial charge in [-0.05, 0) is 69.9 Å². The fourth-order valence-electron chi connectivity index (χ4n) is 4.04. The molecule has 1 amide bonds. The zero-order valence-corrected chi connectivity index (χ0v) is 20.7. The van der Waals surface area contributed by atoms with E-state index in [1.807, 2.05) is 61.7 Å². The summed E-state index contributed by atoms with van der Waals surface area (Å²) in [6.07, 6.45) is 2.59. The van der Waals surface area contributed by atoms with E-state index in [-0.39, 0.29) is 12.1 Å². The fourth-order valence-corrected chi connectivity index (χ4v) is 4.36. The van der Waals surface area contributed by atoms with Crippen molar-refractivity contribution in [3.8, 4) is 6.01 Å². The van der Waals surface area contributed by atoms with Crippen LogP contribution in [0.3, 0.4) is 0 Å². The molecule has 1 saturated heterocycles. The Bertz CT molecular complexity index is 1140. The molecule has 2 aromatic carbocycles. The number of ether oxygens (including phenoxy) is 2. The Hall–Kier alpha value is -2.44. The number of hydrogen-bond donors (Lipinski definition) is 0. The van der Waals surface area contributed by atoms with Crippen LogP contribution in [-0.4, -0.2) is 45.3 Å². The van der Waals surface area contributed by atoms with E-state index < -0.39 is 5.60 Å². The average molecular weight is 490 g/mol. The molecule has 1 atom stereocenters. The molecule has 0 saturated carbocycles. The van der Waals surface area contributed by atoms with Crippen molar-refractivity contribution in [3.63, 3.8) is 0 Å². The molecule has 33 heavy (non-hydrogen) atoms. The Morgan fingerprint density at radius 1 is 1.12 bits per heavy atom. The quantitative estimate of drug-likeness (QED) is 0.407. The van der Waals surface area contributed by atoms with E-state index in [9.17, 15) is 4.79 Å². The lowest BCUT2D eigenvalue weighted by Gasteiger charge is -2.36. The van der Waals surface area contributed by atoms with E-state index in [0.29, 0.717) is 35.8 Å². The third-order valence-electron chi connectivity index (χ3n) is 5.60. The lowest BCUT2D eigenvalue weighted by atomic mass is 10.0. The van der Waals surface area contributed by atoms with Gasteiger partial charge in [-0.15, -0.1) is 0 Å². The summed E-state index contributed by atoms with van der Waals surface area (Å²) in [5.74, 6) is 0. The molecule has 0 bridgehead atoms. The SMILES string of the molecule is CC(C)(C)OC(=O)N1CCCC[C@@H]1COc1nc2ccccc2n1Cc1ccc(Cl)c(Cl)c1. The number of carbonyl (C=O) groups is 1. The molecule has 0 aliphatic carbocycles. The summed E-state index contributed by atoms with van der Waals surface area (Å²) in [5, 5.41) is 1.03. The number of piperidine rings is 1. The number of hydrogen-bond acceptors (Lipinski definition) is 4. The number of halogens is 2. The number of rotatable bonds is 5. The van der Waals surface area contributed by atoms with Gasteiger partial charge in [0.25, 0.3) is 6.01 Å². The van der Waals surface area contributed by atoms with E-state index in [1.54, 1.807) is 11.0 Å². The Labute approximate surface area is 204 Å². The molecule has 176 valence electrons. The van der Waals surface area contributed by atoms with Crippen LogP contribution >= 0.6 is 23.2 Å². The van der Waals surface area contributed by atoms with Crippen LogP contribution in [0.5, 0.6) is 6.01 Å². The summed E-state index contributed by atoms with van der Waals surface area (Å²) in [4.78, 5) is 19.2. The summed E-state index contributed by atoms with van der Waals surface area (Å²) < 4.78 is 13.9. The third-order valence-corrected chi connectivity index (χ3v) is 6.34. The standard InChI is InChI=1S/C25H29Cl2N3O3/c1-25(2,3)33-24(31)29-13-7-6-8-18(29)16-32-23-28-21-9-4-5-10-22(21)30(23)15-17-11-12-19(26)20(27)14-17/h4-5,9-12,14,18H,6-8,13,15-16H2,1-3H3/t18-/m1/s1. The molecule has 0 radical (unpaired) electrons. The molecule has 0 spiro atoms. The topological polar surface area (TPSA) is 56.6 Å². The van der Waals surface area contributed by atoms with Crippen molar-refractivity contribution in [2.24, 2.45) is 0 Å². The van der Waals surface area contributed by atoms with E-state index in [1.165, 1.54) is 0 Å². The molecule has 1 aromatic heterocycles. The monoisotopic (exact) mass is 489 g/mol. The largest absolute Gasteiger partial charge is 0.462 e. The van der Waals surface area contributed by atoms with Crippen molar-refractivity contribution in [3.05, 3.63) is 58.1 Å². The zero-order valence-electron chi connectivity index (χ0n) is 19.2. The van der Waals surface area contributed by atoms with Crippen molar-refractivity contribution < 1.29 is 14.3 Å². The highest BCUT2D eigenvalue weighted by Gasteiger charge is 2.31. The van der Waals surface area contributed by atoms with Crippen LogP contribution in [0.4, 0.5) is 4.79 Å². The number of likely N-dealkylation sites (tertiary alicyclic amines) is 1. The van der Waals surface area contributed by atoms with Gasteiger partial charge in [-0.1, -0.05) is 41.4 Å². The molecule has 4 rings (SSSR count). The highest BCUT2D eigenvalue weighted by Crippen LogP contribution is 2.28. The minimum atomic E-state index is -0.534. The number of amides is 1. The van der Waals surface area contributed by atoms with Gasteiger partial charge >= 0.3 is 6.09 Å². The van der Waals surface area contributed by atoms with Crippen molar-refractivity contribution in [1.82, 2.24) is 14.5 Å². The van der Waals surface area contributed by atoms with Gasteiger partial charge in [-0.25, -0.2) is 4.79 Å². The van der Waals surface area contributed by atoms with E-state index in [2.05, 4.69) is 0 Å². The van der Waals surface area contributed by atoms with Crippen LogP contribution in [-0.2, 0) is 11.3 Å². The summed E-state index contributed by atoms with van der Waals surface area (Å²) in [7, 11) is 0. The second-order valence-electron chi connectivity index (χ2n) is 9.35. The lowest BCUT2D eigenvalue weighted by Crippen LogP contribution is -2.48. The molecule has 8 heteroatoms. The highest BCUT2D eigenvalue weighted by molar-refractivity contribution is 6.42. The summed E-state index contributed by atoms with van der Waals surface area (Å²) >= 11 is 12.3. The molecule has 1 fully saturated rings. The maximum absolute atomic E-state index is 12.7. The number of nitrogens with zero attached hydrogens (tertiary/aromatic N) is 3. The zero-order chi connectivity index (χ0) is 23.6. The van der Waals surface area contributed by atoms with Gasteiger partial charge in [0.1, 0.15) is 12.2 Å². The summed E-state index contributed by atoms with van der Waals surface area (Å²) in [6, 6.07) is 13.9. The first-order valence-electron chi connectivity index (χ1n) is 11.2. The second kappa shape index (κ2) is 9.82. The summed E-state index contributed by atoms with van der Waals surface area (Å²) in [6.45, 7) is 7.20. The molecule has 3 aromatic rings. The van der Waals surface area contributed by atoms with Crippen LogP contribution in [0.2, 0.25) is 10.0 Å². The molecule has 2 heterocycles. The van der Waals surface area contributed by atoms with Crippen molar-refractivity contribution in [2.45, 2.75) is 58.2 Å². The molecular formula is C25H29Cl2N3O3. The van der Waals surface area contributed by atoms with Crippen LogP contribution in [0.15, 0.2) is 42.5 Å². The van der Waals surface area contributed by atoms with Crippen LogP contribution < -0.4 is 4.74 Å². The maximum Gasteiger partial charge on any atom is 0.410 e. The van der Waals surface area contributed by atoms with Gasteiger partial charge in [0.2, 0.25) is 0 Å². The van der Waals surface area contributed by atoms with Gasteiger partial charge in [0.15, 0.2) is 0 Å². The maximum atomic E-state index is 12.7.